The molecule has 1 aliphatic rings. The molecule has 0 saturated carbocycles. The van der Waals surface area contributed by atoms with E-state index in [0.29, 0.717) is 5.95 Å². The first-order valence-electron chi connectivity index (χ1n) is 9.07. The van der Waals surface area contributed by atoms with Gasteiger partial charge in [0.2, 0.25) is 5.95 Å². The first kappa shape index (κ1) is 19.0. The van der Waals surface area contributed by atoms with Crippen LogP contribution in [0.4, 0.5) is 14.7 Å². The Hall–Kier alpha value is -2.38. The van der Waals surface area contributed by atoms with E-state index in [1.54, 1.807) is 36.7 Å². The second-order valence-electron chi connectivity index (χ2n) is 6.73. The molecule has 0 bridgehead atoms. The van der Waals surface area contributed by atoms with E-state index in [1.807, 2.05) is 0 Å². The van der Waals surface area contributed by atoms with Crippen LogP contribution in [-0.4, -0.2) is 41.0 Å². The van der Waals surface area contributed by atoms with Crippen molar-refractivity contribution < 1.29 is 8.78 Å². The van der Waals surface area contributed by atoms with Crippen LogP contribution in [0, 0.1) is 11.6 Å². The smallest absolute Gasteiger partial charge is 0.225 e. The van der Waals surface area contributed by atoms with Gasteiger partial charge in [-0.05, 0) is 51.3 Å². The summed E-state index contributed by atoms with van der Waals surface area (Å²) in [6.07, 6.45) is 3.49. The Labute approximate surface area is 171 Å². The molecule has 3 aromatic rings. The Morgan fingerprint density at radius 1 is 0.750 bits per heavy atom. The zero-order valence-electron chi connectivity index (χ0n) is 15.1. The van der Waals surface area contributed by atoms with Crippen molar-refractivity contribution in [3.63, 3.8) is 0 Å². The number of anilines is 1. The molecular formula is C21H19BrF2N4. The Kier molecular flexibility index (Phi) is 5.64. The van der Waals surface area contributed by atoms with Crippen molar-refractivity contribution in [1.82, 2.24) is 14.9 Å². The molecule has 1 fully saturated rings. The first-order valence-corrected chi connectivity index (χ1v) is 9.87. The van der Waals surface area contributed by atoms with E-state index in [-0.39, 0.29) is 17.7 Å². The van der Waals surface area contributed by atoms with Gasteiger partial charge in [0, 0.05) is 38.6 Å². The highest BCUT2D eigenvalue weighted by molar-refractivity contribution is 9.10. The third-order valence-corrected chi connectivity index (χ3v) is 5.35. The standard InChI is InChI=1S/C21H19BrF2N4/c22-17-13-25-21(26-14-17)28-11-9-27(10-12-28)20(15-1-5-18(23)6-2-15)16-3-7-19(24)8-4-16/h1-8,13-14,20H,9-12H2. The monoisotopic (exact) mass is 444 g/mol. The molecule has 4 rings (SSSR count). The van der Waals surface area contributed by atoms with Gasteiger partial charge in [-0.2, -0.15) is 0 Å². The van der Waals surface area contributed by atoms with E-state index in [2.05, 4.69) is 35.7 Å². The molecule has 28 heavy (non-hydrogen) atoms. The summed E-state index contributed by atoms with van der Waals surface area (Å²) in [5.41, 5.74) is 1.97. The van der Waals surface area contributed by atoms with E-state index in [1.165, 1.54) is 24.3 Å². The molecule has 1 saturated heterocycles. The van der Waals surface area contributed by atoms with Gasteiger partial charge in [-0.15, -0.1) is 0 Å². The number of benzene rings is 2. The van der Waals surface area contributed by atoms with Gasteiger partial charge in [-0.1, -0.05) is 24.3 Å². The molecule has 0 atom stereocenters. The van der Waals surface area contributed by atoms with E-state index >= 15 is 0 Å². The van der Waals surface area contributed by atoms with Crippen molar-refractivity contribution in [3.8, 4) is 0 Å². The van der Waals surface area contributed by atoms with Crippen LogP contribution in [0.2, 0.25) is 0 Å². The maximum atomic E-state index is 13.4. The Bertz CT molecular complexity index is 863. The Balaban J connectivity index is 1.56. The molecule has 7 heteroatoms. The summed E-state index contributed by atoms with van der Waals surface area (Å²) in [7, 11) is 0. The maximum absolute atomic E-state index is 13.4. The van der Waals surface area contributed by atoms with Gasteiger partial charge in [0.05, 0.1) is 10.5 Å². The predicted octanol–water partition coefficient (Wildman–Crippen LogP) is 4.43. The lowest BCUT2D eigenvalue weighted by Gasteiger charge is -2.39. The zero-order chi connectivity index (χ0) is 19.5. The third kappa shape index (κ3) is 4.20. The number of hydrogen-bond donors (Lipinski definition) is 0. The van der Waals surface area contributed by atoms with Crippen LogP contribution in [0.15, 0.2) is 65.4 Å². The maximum Gasteiger partial charge on any atom is 0.225 e. The van der Waals surface area contributed by atoms with Crippen LogP contribution in [0.3, 0.4) is 0 Å². The Morgan fingerprint density at radius 3 is 1.68 bits per heavy atom. The van der Waals surface area contributed by atoms with Crippen LogP contribution in [0.1, 0.15) is 17.2 Å². The van der Waals surface area contributed by atoms with Crippen LogP contribution >= 0.6 is 15.9 Å². The molecule has 144 valence electrons. The molecule has 0 spiro atoms. The van der Waals surface area contributed by atoms with Gasteiger partial charge in [0.1, 0.15) is 11.6 Å². The molecule has 0 radical (unpaired) electrons. The van der Waals surface area contributed by atoms with E-state index in [0.717, 1.165) is 41.8 Å². The molecule has 1 aromatic heterocycles. The van der Waals surface area contributed by atoms with Crippen molar-refractivity contribution in [2.75, 3.05) is 31.1 Å². The summed E-state index contributed by atoms with van der Waals surface area (Å²) in [6.45, 7) is 3.14. The quantitative estimate of drug-likeness (QED) is 0.595. The number of aromatic nitrogens is 2. The fourth-order valence-electron chi connectivity index (χ4n) is 3.55. The van der Waals surface area contributed by atoms with Crippen LogP contribution in [0.25, 0.3) is 0 Å². The second kappa shape index (κ2) is 8.32. The lowest BCUT2D eigenvalue weighted by Crippen LogP contribution is -2.48. The molecule has 4 nitrogen and oxygen atoms in total. The van der Waals surface area contributed by atoms with Crippen LogP contribution < -0.4 is 4.90 Å². The lowest BCUT2D eigenvalue weighted by molar-refractivity contribution is 0.211. The molecule has 0 amide bonds. The van der Waals surface area contributed by atoms with Gasteiger partial charge in [0.15, 0.2) is 0 Å². The third-order valence-electron chi connectivity index (χ3n) is 4.94. The van der Waals surface area contributed by atoms with Crippen molar-refractivity contribution >= 4 is 21.9 Å². The summed E-state index contributed by atoms with van der Waals surface area (Å²) in [5, 5.41) is 0. The van der Waals surface area contributed by atoms with Crippen molar-refractivity contribution in [2.45, 2.75) is 6.04 Å². The fraction of sp³-hybridized carbons (Fsp3) is 0.238. The molecule has 2 aromatic carbocycles. The van der Waals surface area contributed by atoms with E-state index in [4.69, 9.17) is 0 Å². The van der Waals surface area contributed by atoms with Gasteiger partial charge < -0.3 is 4.90 Å². The van der Waals surface area contributed by atoms with Gasteiger partial charge in [0.25, 0.3) is 0 Å². The molecular weight excluding hydrogens is 426 g/mol. The summed E-state index contributed by atoms with van der Waals surface area (Å²) >= 11 is 3.35. The highest BCUT2D eigenvalue weighted by atomic mass is 79.9. The average Bonchev–Trinajstić information content (AvgIpc) is 2.72. The number of piperazine rings is 1. The normalized spacial score (nSPS) is 15.2. The fourth-order valence-corrected chi connectivity index (χ4v) is 3.76. The number of nitrogens with zero attached hydrogens (tertiary/aromatic N) is 4. The minimum absolute atomic E-state index is 0.0609. The largest absolute Gasteiger partial charge is 0.338 e. The van der Waals surface area contributed by atoms with E-state index in [9.17, 15) is 8.78 Å². The SMILES string of the molecule is Fc1ccc(C(c2ccc(F)cc2)N2CCN(c3ncc(Br)cn3)CC2)cc1. The molecule has 2 heterocycles. The zero-order valence-corrected chi connectivity index (χ0v) is 16.7. The molecule has 0 aliphatic carbocycles. The number of hydrogen-bond acceptors (Lipinski definition) is 4. The lowest BCUT2D eigenvalue weighted by atomic mass is 9.96. The van der Waals surface area contributed by atoms with Crippen molar-refractivity contribution in [3.05, 3.63) is 88.2 Å². The summed E-state index contributed by atoms with van der Waals surface area (Å²) < 4.78 is 27.7. The highest BCUT2D eigenvalue weighted by Crippen LogP contribution is 2.30. The molecule has 0 unspecified atom stereocenters. The van der Waals surface area contributed by atoms with Gasteiger partial charge in [-0.25, -0.2) is 18.7 Å². The number of halogens is 3. The minimum Gasteiger partial charge on any atom is -0.338 e. The summed E-state index contributed by atoms with van der Waals surface area (Å²) in [5.74, 6) is 0.181. The van der Waals surface area contributed by atoms with Crippen molar-refractivity contribution in [2.24, 2.45) is 0 Å². The van der Waals surface area contributed by atoms with Crippen LogP contribution in [-0.2, 0) is 0 Å². The van der Waals surface area contributed by atoms with Gasteiger partial charge >= 0.3 is 0 Å². The van der Waals surface area contributed by atoms with Crippen LogP contribution in [0.5, 0.6) is 0 Å². The predicted molar refractivity (Wildman–Crippen MR) is 108 cm³/mol. The van der Waals surface area contributed by atoms with Crippen molar-refractivity contribution in [1.29, 1.82) is 0 Å². The molecule has 0 N–H and O–H groups in total. The topological polar surface area (TPSA) is 32.3 Å². The minimum atomic E-state index is -0.265. The van der Waals surface area contributed by atoms with E-state index < -0.39 is 0 Å². The molecule has 1 aliphatic heterocycles. The first-order chi connectivity index (χ1) is 13.6. The summed E-state index contributed by atoms with van der Waals surface area (Å²) in [6, 6.07) is 13.0. The second-order valence-corrected chi connectivity index (χ2v) is 7.65. The highest BCUT2D eigenvalue weighted by Gasteiger charge is 2.27. The average molecular weight is 445 g/mol. The summed E-state index contributed by atoms with van der Waals surface area (Å²) in [4.78, 5) is 13.2. The Morgan fingerprint density at radius 2 is 1.21 bits per heavy atom. The number of rotatable bonds is 4. The van der Waals surface area contributed by atoms with Gasteiger partial charge in [-0.3, -0.25) is 4.90 Å².